The van der Waals surface area contributed by atoms with Crippen LogP contribution in [0.15, 0.2) is 29.3 Å². The average molecular weight is 407 g/mol. The number of guanidine groups is 1. The molecule has 1 heterocycles. The molecule has 0 saturated carbocycles. The Kier molecular flexibility index (Phi) is 6.33. The van der Waals surface area contributed by atoms with Gasteiger partial charge in [0.05, 0.1) is 11.0 Å². The quantitative estimate of drug-likeness (QED) is 0.145. The molecule has 13 heteroatoms. The van der Waals surface area contributed by atoms with Crippen LogP contribution in [-0.2, 0) is 14.3 Å². The lowest BCUT2D eigenvalue weighted by Crippen LogP contribution is -2.74. The highest BCUT2D eigenvalue weighted by atomic mass is 16.6. The minimum atomic E-state index is -1.93. The molecule has 1 aromatic rings. The predicted octanol–water partition coefficient (Wildman–Crippen LogP) is -0.391. The first-order valence-corrected chi connectivity index (χ1v) is 8.52. The zero-order valence-electron chi connectivity index (χ0n) is 15.5. The molecule has 1 aromatic carbocycles. The van der Waals surface area contributed by atoms with Crippen molar-refractivity contribution in [2.75, 3.05) is 11.9 Å². The van der Waals surface area contributed by atoms with E-state index in [0.29, 0.717) is 4.90 Å². The predicted molar refractivity (Wildman–Crippen MR) is 101 cm³/mol. The van der Waals surface area contributed by atoms with E-state index in [-0.39, 0.29) is 36.7 Å². The van der Waals surface area contributed by atoms with Crippen molar-refractivity contribution in [1.82, 2.24) is 4.90 Å². The highest BCUT2D eigenvalue weighted by Gasteiger charge is 2.62. The Labute approximate surface area is 165 Å². The van der Waals surface area contributed by atoms with Crippen LogP contribution >= 0.6 is 0 Å². The van der Waals surface area contributed by atoms with Gasteiger partial charge in [-0.1, -0.05) is 0 Å². The zero-order chi connectivity index (χ0) is 21.8. The van der Waals surface area contributed by atoms with Crippen LogP contribution in [0.25, 0.3) is 0 Å². The van der Waals surface area contributed by atoms with Crippen molar-refractivity contribution in [3.05, 3.63) is 34.4 Å². The van der Waals surface area contributed by atoms with Crippen LogP contribution in [-0.4, -0.2) is 52.0 Å². The van der Waals surface area contributed by atoms with Crippen LogP contribution in [0, 0.1) is 10.1 Å². The summed E-state index contributed by atoms with van der Waals surface area (Å²) in [6.07, 6.45) is -0.887. The molecule has 0 unspecified atom stereocenters. The fourth-order valence-electron chi connectivity index (χ4n) is 2.66. The Hall–Kier alpha value is -3.74. The second kappa shape index (κ2) is 8.52. The van der Waals surface area contributed by atoms with Crippen LogP contribution in [0.5, 0.6) is 0 Å². The third-order valence-electron chi connectivity index (χ3n) is 4.07. The van der Waals surface area contributed by atoms with Crippen molar-refractivity contribution >= 4 is 35.2 Å². The van der Waals surface area contributed by atoms with Crippen LogP contribution in [0.4, 0.5) is 16.2 Å². The van der Waals surface area contributed by atoms with E-state index >= 15 is 0 Å². The molecule has 7 N–H and O–H groups in total. The second-order valence-corrected chi connectivity index (χ2v) is 6.28. The first kappa shape index (κ1) is 21.6. The van der Waals surface area contributed by atoms with E-state index in [1.54, 1.807) is 0 Å². The minimum absolute atomic E-state index is 0.0905. The molecule has 156 valence electrons. The van der Waals surface area contributed by atoms with Crippen molar-refractivity contribution < 1.29 is 24.0 Å². The molecule has 0 aromatic heterocycles. The summed E-state index contributed by atoms with van der Waals surface area (Å²) in [5.41, 5.74) is 14.2. The maximum atomic E-state index is 12.9. The van der Waals surface area contributed by atoms with Crippen molar-refractivity contribution in [2.45, 2.75) is 31.5 Å². The van der Waals surface area contributed by atoms with Gasteiger partial charge in [-0.05, 0) is 25.5 Å². The Bertz CT molecular complexity index is 850. The minimum Gasteiger partial charge on any atom is -0.412 e. The fourth-order valence-corrected chi connectivity index (χ4v) is 2.66. The Morgan fingerprint density at radius 1 is 1.34 bits per heavy atom. The summed E-state index contributed by atoms with van der Waals surface area (Å²) in [6.45, 7) is 1.50. The lowest BCUT2D eigenvalue weighted by molar-refractivity contribution is -0.384. The second-order valence-electron chi connectivity index (χ2n) is 6.28. The largest absolute Gasteiger partial charge is 0.422 e. The number of imide groups is 1. The number of benzene rings is 1. The molecule has 1 saturated heterocycles. The number of hydrogen-bond donors (Lipinski definition) is 4. The highest BCUT2D eigenvalue weighted by Crippen LogP contribution is 2.36. The molecule has 1 fully saturated rings. The third-order valence-corrected chi connectivity index (χ3v) is 4.07. The summed E-state index contributed by atoms with van der Waals surface area (Å²) in [7, 11) is 0. The van der Waals surface area contributed by atoms with Gasteiger partial charge in [-0.3, -0.25) is 24.7 Å². The molecule has 29 heavy (non-hydrogen) atoms. The summed E-state index contributed by atoms with van der Waals surface area (Å²) >= 11 is 0. The topological polar surface area (TPSA) is 209 Å². The molecule has 2 atom stereocenters. The number of nitro groups is 1. The van der Waals surface area contributed by atoms with Gasteiger partial charge in [-0.15, -0.1) is 0 Å². The first-order chi connectivity index (χ1) is 13.6. The van der Waals surface area contributed by atoms with Crippen molar-refractivity contribution in [1.29, 1.82) is 0 Å². The SMILES string of the molecule is C[C@H](N)C(=O)N1C(=O)O[C@]1(CCCN=C(N)N)C(=O)Nc1ccc([N+](=O)[O-])cc1. The maximum absolute atomic E-state index is 12.9. The number of rotatable bonds is 8. The number of nitro benzene ring substituents is 1. The van der Waals surface area contributed by atoms with E-state index in [4.69, 9.17) is 21.9 Å². The number of ether oxygens (including phenoxy) is 1. The highest BCUT2D eigenvalue weighted by molar-refractivity contribution is 6.10. The number of non-ortho nitro benzene ring substituents is 1. The van der Waals surface area contributed by atoms with Crippen LogP contribution in [0.2, 0.25) is 0 Å². The molecule has 2 rings (SSSR count). The van der Waals surface area contributed by atoms with Crippen molar-refractivity contribution in [3.63, 3.8) is 0 Å². The Balaban J connectivity index is 2.25. The van der Waals surface area contributed by atoms with E-state index in [0.717, 1.165) is 0 Å². The van der Waals surface area contributed by atoms with Gasteiger partial charge < -0.3 is 27.3 Å². The van der Waals surface area contributed by atoms with Gasteiger partial charge in [0.1, 0.15) is 0 Å². The van der Waals surface area contributed by atoms with Gasteiger partial charge in [0.25, 0.3) is 23.2 Å². The van der Waals surface area contributed by atoms with Gasteiger partial charge >= 0.3 is 6.09 Å². The number of carbonyl (C=O) groups excluding carboxylic acids is 3. The van der Waals surface area contributed by atoms with E-state index in [1.807, 2.05) is 0 Å². The number of nitrogens with two attached hydrogens (primary N) is 3. The molecule has 1 aliphatic heterocycles. The number of carbonyl (C=O) groups is 3. The standard InChI is InChI=1S/C16H21N7O6/c1-9(17)12(24)22-15(26)29-16(22,7-2-8-20-14(18)19)13(25)21-10-3-5-11(6-4-10)23(27)28/h3-6,9H,2,7-8,17H2,1H3,(H,21,25)(H4,18,19,20)/t9-,16+/m0/s1. The molecular weight excluding hydrogens is 386 g/mol. The van der Waals surface area contributed by atoms with Gasteiger partial charge in [0.2, 0.25) is 0 Å². The molecule has 0 radical (unpaired) electrons. The average Bonchev–Trinajstić information content (AvgIpc) is 2.63. The van der Waals surface area contributed by atoms with E-state index < -0.39 is 34.6 Å². The maximum Gasteiger partial charge on any atom is 0.422 e. The normalized spacial score (nSPS) is 18.8. The number of cyclic esters (lactones) is 1. The van der Waals surface area contributed by atoms with Crippen molar-refractivity contribution in [3.8, 4) is 0 Å². The summed E-state index contributed by atoms with van der Waals surface area (Å²) in [6, 6.07) is 3.95. The van der Waals surface area contributed by atoms with Crippen LogP contribution in [0.1, 0.15) is 19.8 Å². The van der Waals surface area contributed by atoms with Crippen LogP contribution < -0.4 is 22.5 Å². The molecular formula is C16H21N7O6. The van der Waals surface area contributed by atoms with E-state index in [1.165, 1.54) is 31.2 Å². The molecule has 1 aliphatic rings. The molecule has 13 nitrogen and oxygen atoms in total. The zero-order valence-corrected chi connectivity index (χ0v) is 15.5. The fraction of sp³-hybridized carbons (Fsp3) is 0.375. The molecule has 0 spiro atoms. The first-order valence-electron chi connectivity index (χ1n) is 8.52. The van der Waals surface area contributed by atoms with E-state index in [2.05, 4.69) is 10.3 Å². The number of anilines is 1. The summed E-state index contributed by atoms with van der Waals surface area (Å²) in [4.78, 5) is 51.8. The smallest absolute Gasteiger partial charge is 0.412 e. The molecule has 0 aliphatic carbocycles. The van der Waals surface area contributed by atoms with Gasteiger partial charge in [-0.2, -0.15) is 4.90 Å². The molecule has 0 bridgehead atoms. The van der Waals surface area contributed by atoms with Gasteiger partial charge in [0.15, 0.2) is 5.96 Å². The number of nitrogens with zero attached hydrogens (tertiary/aromatic N) is 3. The van der Waals surface area contributed by atoms with E-state index in [9.17, 15) is 24.5 Å². The number of aliphatic imine (C=N–C) groups is 1. The van der Waals surface area contributed by atoms with Gasteiger partial charge in [-0.25, -0.2) is 4.79 Å². The lowest BCUT2D eigenvalue weighted by Gasteiger charge is -2.48. The summed E-state index contributed by atoms with van der Waals surface area (Å²) < 4.78 is 5.09. The lowest BCUT2D eigenvalue weighted by atomic mass is 9.99. The number of nitrogens with one attached hydrogen (secondary N) is 1. The number of hydrogen-bond acceptors (Lipinski definition) is 8. The van der Waals surface area contributed by atoms with Crippen LogP contribution in [0.3, 0.4) is 0 Å². The molecule has 3 amide bonds. The monoisotopic (exact) mass is 407 g/mol. The summed E-state index contributed by atoms with van der Waals surface area (Å²) in [5, 5.41) is 13.2. The Morgan fingerprint density at radius 3 is 2.45 bits per heavy atom. The third kappa shape index (κ3) is 4.57. The van der Waals surface area contributed by atoms with Crippen molar-refractivity contribution in [2.24, 2.45) is 22.2 Å². The Morgan fingerprint density at radius 2 is 1.97 bits per heavy atom. The number of amides is 3. The van der Waals surface area contributed by atoms with Gasteiger partial charge in [0, 0.05) is 30.8 Å². The summed E-state index contributed by atoms with van der Waals surface area (Å²) in [5.74, 6) is -1.75.